The first-order valence-corrected chi connectivity index (χ1v) is 14.6. The standard InChI is InChI=1S/C34H48N2O4/c1-6-8-9-13-23-36(33(37)26-39-25-29-17-11-10-12-18-29)32-24-30(19-20-31(32)34(38)40-7-2)35-22-21-28(5)16-14-15-27(3)4/h10-12,15,17-21,24,35H,6-9,13-14,16,22-23,25-26H2,1-5H3. The number of esters is 1. The molecule has 0 saturated carbocycles. The quantitative estimate of drug-likeness (QED) is 0.116. The van der Waals surface area contributed by atoms with Crippen LogP contribution in [-0.2, 0) is 20.9 Å². The number of nitrogens with one attached hydrogen (secondary N) is 1. The molecule has 0 fully saturated rings. The molecule has 40 heavy (non-hydrogen) atoms. The molecule has 2 aromatic carbocycles. The zero-order valence-corrected chi connectivity index (χ0v) is 25.1. The third-order valence-corrected chi connectivity index (χ3v) is 6.51. The smallest absolute Gasteiger partial charge is 0.340 e. The number of rotatable bonds is 18. The highest BCUT2D eigenvalue weighted by molar-refractivity contribution is 6.03. The summed E-state index contributed by atoms with van der Waals surface area (Å²) in [5.41, 5.74) is 5.43. The third-order valence-electron chi connectivity index (χ3n) is 6.51. The van der Waals surface area contributed by atoms with E-state index >= 15 is 0 Å². The molecule has 218 valence electrons. The summed E-state index contributed by atoms with van der Waals surface area (Å²) < 4.78 is 11.1. The van der Waals surface area contributed by atoms with Gasteiger partial charge in [-0.15, -0.1) is 0 Å². The van der Waals surface area contributed by atoms with Crippen molar-refractivity contribution in [2.75, 3.05) is 36.5 Å². The fourth-order valence-electron chi connectivity index (χ4n) is 4.26. The summed E-state index contributed by atoms with van der Waals surface area (Å²) in [6, 6.07) is 15.3. The van der Waals surface area contributed by atoms with Crippen molar-refractivity contribution in [3.8, 4) is 0 Å². The first kappa shape index (κ1) is 32.8. The number of hydrogen-bond acceptors (Lipinski definition) is 5. The Kier molecular flexibility index (Phi) is 15.5. The number of anilines is 2. The molecular weight excluding hydrogens is 500 g/mol. The Bertz CT molecular complexity index is 1100. The highest BCUT2D eigenvalue weighted by Gasteiger charge is 2.23. The van der Waals surface area contributed by atoms with Gasteiger partial charge in [-0.05, 0) is 70.7 Å². The molecule has 0 atom stereocenters. The molecule has 6 heteroatoms. The molecule has 6 nitrogen and oxygen atoms in total. The van der Waals surface area contributed by atoms with Crippen molar-refractivity contribution < 1.29 is 19.1 Å². The molecule has 0 aromatic heterocycles. The fourth-order valence-corrected chi connectivity index (χ4v) is 4.26. The minimum atomic E-state index is -0.435. The maximum absolute atomic E-state index is 13.5. The Balaban J connectivity index is 2.24. The van der Waals surface area contributed by atoms with Crippen LogP contribution in [-0.4, -0.2) is 38.2 Å². The van der Waals surface area contributed by atoms with Crippen LogP contribution in [0.2, 0.25) is 0 Å². The van der Waals surface area contributed by atoms with Gasteiger partial charge in [0.15, 0.2) is 0 Å². The Morgan fingerprint density at radius 3 is 2.42 bits per heavy atom. The predicted molar refractivity (Wildman–Crippen MR) is 166 cm³/mol. The van der Waals surface area contributed by atoms with E-state index in [0.717, 1.165) is 49.8 Å². The van der Waals surface area contributed by atoms with E-state index in [1.165, 1.54) is 11.1 Å². The summed E-state index contributed by atoms with van der Waals surface area (Å²) in [7, 11) is 0. The molecule has 0 bridgehead atoms. The molecule has 0 unspecified atom stereocenters. The van der Waals surface area contributed by atoms with Gasteiger partial charge in [0.25, 0.3) is 5.91 Å². The lowest BCUT2D eigenvalue weighted by Gasteiger charge is -2.26. The van der Waals surface area contributed by atoms with Crippen LogP contribution in [0.4, 0.5) is 11.4 Å². The Morgan fingerprint density at radius 2 is 1.73 bits per heavy atom. The number of carbonyl (C=O) groups excluding carboxylic acids is 2. The maximum atomic E-state index is 13.5. The highest BCUT2D eigenvalue weighted by atomic mass is 16.5. The average molecular weight is 549 g/mol. The van der Waals surface area contributed by atoms with Gasteiger partial charge in [-0.25, -0.2) is 4.79 Å². The van der Waals surface area contributed by atoms with Crippen molar-refractivity contribution in [1.82, 2.24) is 0 Å². The molecule has 0 radical (unpaired) electrons. The van der Waals surface area contributed by atoms with E-state index < -0.39 is 5.97 Å². The number of allylic oxidation sites excluding steroid dienone is 3. The van der Waals surface area contributed by atoms with Crippen LogP contribution in [0.3, 0.4) is 0 Å². The monoisotopic (exact) mass is 548 g/mol. The Morgan fingerprint density at radius 1 is 0.950 bits per heavy atom. The molecule has 2 aromatic rings. The van der Waals surface area contributed by atoms with Gasteiger partial charge in [-0.1, -0.05) is 79.8 Å². The van der Waals surface area contributed by atoms with Crippen molar-refractivity contribution in [1.29, 1.82) is 0 Å². The first-order valence-electron chi connectivity index (χ1n) is 14.6. The molecule has 1 N–H and O–H groups in total. The summed E-state index contributed by atoms with van der Waals surface area (Å²) in [6.07, 6.45) is 10.5. The van der Waals surface area contributed by atoms with Gasteiger partial charge < -0.3 is 19.7 Å². The van der Waals surface area contributed by atoms with Gasteiger partial charge in [-0.3, -0.25) is 4.79 Å². The van der Waals surface area contributed by atoms with Gasteiger partial charge in [0.1, 0.15) is 6.61 Å². The first-order chi connectivity index (χ1) is 19.3. The van der Waals surface area contributed by atoms with Crippen LogP contribution in [0.1, 0.15) is 89.1 Å². The van der Waals surface area contributed by atoms with Gasteiger partial charge in [0.05, 0.1) is 24.5 Å². The summed E-state index contributed by atoms with van der Waals surface area (Å²) in [4.78, 5) is 28.1. The second kappa shape index (κ2) is 18.8. The topological polar surface area (TPSA) is 67.9 Å². The number of carbonyl (C=O) groups is 2. The van der Waals surface area contributed by atoms with Crippen molar-refractivity contribution in [3.63, 3.8) is 0 Å². The lowest BCUT2D eigenvalue weighted by atomic mass is 10.1. The third kappa shape index (κ3) is 12.2. The summed E-state index contributed by atoms with van der Waals surface area (Å²) in [5, 5.41) is 3.44. The predicted octanol–water partition coefficient (Wildman–Crippen LogP) is 8.10. The van der Waals surface area contributed by atoms with E-state index in [1.54, 1.807) is 17.9 Å². The number of benzene rings is 2. The van der Waals surface area contributed by atoms with Crippen LogP contribution >= 0.6 is 0 Å². The van der Waals surface area contributed by atoms with Crippen LogP contribution in [0.5, 0.6) is 0 Å². The van der Waals surface area contributed by atoms with Gasteiger partial charge in [0.2, 0.25) is 0 Å². The van der Waals surface area contributed by atoms with E-state index in [4.69, 9.17) is 9.47 Å². The number of ether oxygens (including phenoxy) is 2. The normalized spacial score (nSPS) is 11.2. The van der Waals surface area contributed by atoms with Gasteiger partial charge in [0, 0.05) is 18.8 Å². The highest BCUT2D eigenvalue weighted by Crippen LogP contribution is 2.27. The van der Waals surface area contributed by atoms with Gasteiger partial charge in [-0.2, -0.15) is 0 Å². The van der Waals surface area contributed by atoms with Crippen LogP contribution in [0.25, 0.3) is 0 Å². The van der Waals surface area contributed by atoms with Crippen LogP contribution in [0, 0.1) is 0 Å². The molecular formula is C34H48N2O4. The molecule has 0 spiro atoms. The van der Waals surface area contributed by atoms with E-state index in [-0.39, 0.29) is 19.1 Å². The number of nitrogens with zero attached hydrogens (tertiary/aromatic N) is 1. The molecule has 1 amide bonds. The van der Waals surface area contributed by atoms with Crippen molar-refractivity contribution in [2.45, 2.75) is 79.8 Å². The largest absolute Gasteiger partial charge is 0.462 e. The fraction of sp³-hybridized carbons (Fsp3) is 0.471. The van der Waals surface area contributed by atoms with Gasteiger partial charge >= 0.3 is 5.97 Å². The minimum absolute atomic E-state index is 0.0732. The minimum Gasteiger partial charge on any atom is -0.462 e. The van der Waals surface area contributed by atoms with E-state index in [2.05, 4.69) is 45.2 Å². The van der Waals surface area contributed by atoms with E-state index in [1.807, 2.05) is 42.5 Å². The average Bonchev–Trinajstić information content (AvgIpc) is 2.93. The van der Waals surface area contributed by atoms with Crippen LogP contribution < -0.4 is 10.2 Å². The van der Waals surface area contributed by atoms with E-state index in [9.17, 15) is 9.59 Å². The number of amides is 1. The Hall–Kier alpha value is -3.38. The Labute approximate surface area is 241 Å². The lowest BCUT2D eigenvalue weighted by Crippen LogP contribution is -2.36. The molecule has 0 aliphatic carbocycles. The molecule has 0 aliphatic rings. The lowest BCUT2D eigenvalue weighted by molar-refractivity contribution is -0.123. The summed E-state index contributed by atoms with van der Waals surface area (Å²) in [5.74, 6) is -0.610. The van der Waals surface area contributed by atoms with Crippen LogP contribution in [0.15, 0.2) is 71.8 Å². The van der Waals surface area contributed by atoms with Crippen molar-refractivity contribution in [3.05, 3.63) is 83.0 Å². The number of hydrogen-bond donors (Lipinski definition) is 1. The zero-order chi connectivity index (χ0) is 29.2. The maximum Gasteiger partial charge on any atom is 0.340 e. The number of unbranched alkanes of at least 4 members (excludes halogenated alkanes) is 3. The molecule has 0 heterocycles. The molecule has 0 aliphatic heterocycles. The summed E-state index contributed by atoms with van der Waals surface area (Å²) in [6.45, 7) is 12.0. The van der Waals surface area contributed by atoms with Crippen molar-refractivity contribution in [2.24, 2.45) is 0 Å². The SMILES string of the molecule is CCCCCCN(C(=O)COCc1ccccc1)c1cc(NCC=C(C)CCC=C(C)C)ccc1C(=O)OCC. The molecule has 2 rings (SSSR count). The zero-order valence-electron chi connectivity index (χ0n) is 25.1. The summed E-state index contributed by atoms with van der Waals surface area (Å²) >= 11 is 0. The second-order valence-corrected chi connectivity index (χ2v) is 10.3. The second-order valence-electron chi connectivity index (χ2n) is 10.3. The van der Waals surface area contributed by atoms with Crippen molar-refractivity contribution >= 4 is 23.3 Å². The van der Waals surface area contributed by atoms with E-state index in [0.29, 0.717) is 30.9 Å². The molecule has 0 saturated heterocycles.